The molecule has 9 nitrogen and oxygen atoms in total. The van der Waals surface area contributed by atoms with Crippen molar-refractivity contribution in [2.45, 2.75) is 26.2 Å². The van der Waals surface area contributed by atoms with E-state index in [2.05, 4.69) is 49.2 Å². The van der Waals surface area contributed by atoms with Crippen LogP contribution >= 0.6 is 11.3 Å². The van der Waals surface area contributed by atoms with Gasteiger partial charge < -0.3 is 10.1 Å². The fourth-order valence-corrected chi connectivity index (χ4v) is 3.83. The predicted molar refractivity (Wildman–Crippen MR) is 139 cm³/mol. The van der Waals surface area contributed by atoms with Crippen LogP contribution in [0, 0.1) is 17.8 Å². The van der Waals surface area contributed by atoms with E-state index in [1.54, 1.807) is 6.92 Å². The molecule has 4 rings (SSSR count). The van der Waals surface area contributed by atoms with E-state index in [1.807, 2.05) is 0 Å². The molecule has 1 aliphatic carbocycles. The number of pyridine rings is 2. The quantitative estimate of drug-likeness (QED) is 0.236. The zero-order valence-corrected chi connectivity index (χ0v) is 21.2. The summed E-state index contributed by atoms with van der Waals surface area (Å²) in [5.41, 5.74) is 0.211. The SMILES string of the molecule is C=C/C=C(/C)C(=O)Nc1cc(-c2cc(C(F)F)ncc2OC)c(C(=O)Nc2nnc(C#CC3CC3)s2)cn1. The van der Waals surface area contributed by atoms with Crippen molar-refractivity contribution in [3.63, 3.8) is 0 Å². The van der Waals surface area contributed by atoms with E-state index < -0.39 is 23.9 Å². The maximum Gasteiger partial charge on any atom is 0.280 e. The van der Waals surface area contributed by atoms with Gasteiger partial charge in [-0.3, -0.25) is 19.9 Å². The highest BCUT2D eigenvalue weighted by molar-refractivity contribution is 7.15. The Hall–Kier alpha value is -4.50. The van der Waals surface area contributed by atoms with Crippen LogP contribution in [0.5, 0.6) is 5.75 Å². The Kier molecular flexibility index (Phi) is 8.18. The van der Waals surface area contributed by atoms with Crippen molar-refractivity contribution in [2.75, 3.05) is 17.7 Å². The van der Waals surface area contributed by atoms with Gasteiger partial charge in [-0.05, 0) is 37.8 Å². The molecule has 2 amide bonds. The number of nitrogens with one attached hydrogen (secondary N) is 2. The van der Waals surface area contributed by atoms with Crippen molar-refractivity contribution in [3.8, 4) is 28.7 Å². The first-order chi connectivity index (χ1) is 18.3. The number of aromatic nitrogens is 4. The molecule has 38 heavy (non-hydrogen) atoms. The molecule has 3 heterocycles. The number of hydrogen-bond acceptors (Lipinski definition) is 8. The fraction of sp³-hybridized carbons (Fsp3) is 0.231. The van der Waals surface area contributed by atoms with Gasteiger partial charge >= 0.3 is 0 Å². The summed E-state index contributed by atoms with van der Waals surface area (Å²) in [5.74, 6) is 5.55. The number of alkyl halides is 2. The van der Waals surface area contributed by atoms with Crippen LogP contribution in [0.25, 0.3) is 11.1 Å². The monoisotopic (exact) mass is 536 g/mol. The smallest absolute Gasteiger partial charge is 0.280 e. The second-order valence-corrected chi connectivity index (χ2v) is 9.15. The summed E-state index contributed by atoms with van der Waals surface area (Å²) >= 11 is 1.11. The van der Waals surface area contributed by atoms with Crippen LogP contribution in [0.4, 0.5) is 19.7 Å². The number of carbonyl (C=O) groups excluding carboxylic acids is 2. The van der Waals surface area contributed by atoms with Crippen molar-refractivity contribution >= 4 is 34.1 Å². The van der Waals surface area contributed by atoms with Gasteiger partial charge in [0.25, 0.3) is 18.2 Å². The molecule has 1 aliphatic rings. The third-order valence-electron chi connectivity index (χ3n) is 5.34. The van der Waals surface area contributed by atoms with Crippen molar-refractivity contribution in [1.29, 1.82) is 0 Å². The molecule has 3 aromatic rings. The second kappa shape index (κ2) is 11.7. The minimum atomic E-state index is -2.86. The molecule has 194 valence electrons. The third-order valence-corrected chi connectivity index (χ3v) is 6.10. The van der Waals surface area contributed by atoms with Crippen LogP contribution in [-0.4, -0.2) is 39.1 Å². The molecule has 0 radical (unpaired) electrons. The van der Waals surface area contributed by atoms with Crippen LogP contribution < -0.4 is 15.4 Å². The van der Waals surface area contributed by atoms with Crippen molar-refractivity contribution in [3.05, 3.63) is 65.1 Å². The second-order valence-electron chi connectivity index (χ2n) is 8.17. The topological polar surface area (TPSA) is 119 Å². The lowest BCUT2D eigenvalue weighted by Gasteiger charge is -2.15. The molecule has 12 heteroatoms. The van der Waals surface area contributed by atoms with E-state index in [1.165, 1.54) is 31.5 Å². The first-order valence-electron chi connectivity index (χ1n) is 11.4. The summed E-state index contributed by atoms with van der Waals surface area (Å²) in [6.45, 7) is 5.15. The van der Waals surface area contributed by atoms with Crippen molar-refractivity contribution in [1.82, 2.24) is 20.2 Å². The van der Waals surface area contributed by atoms with Gasteiger partial charge in [0.05, 0.1) is 18.9 Å². The Labute approximate surface area is 221 Å². The van der Waals surface area contributed by atoms with Gasteiger partial charge in [-0.25, -0.2) is 13.8 Å². The largest absolute Gasteiger partial charge is 0.494 e. The van der Waals surface area contributed by atoms with Gasteiger partial charge in [-0.15, -0.1) is 10.2 Å². The Morgan fingerprint density at radius 3 is 2.66 bits per heavy atom. The van der Waals surface area contributed by atoms with E-state index in [4.69, 9.17) is 4.74 Å². The first-order valence-corrected chi connectivity index (χ1v) is 12.2. The van der Waals surface area contributed by atoms with Crippen LogP contribution in [0.15, 0.2) is 48.8 Å². The average molecular weight is 537 g/mol. The van der Waals surface area contributed by atoms with E-state index in [0.29, 0.717) is 16.5 Å². The summed E-state index contributed by atoms with van der Waals surface area (Å²) in [7, 11) is 1.35. The number of amides is 2. The average Bonchev–Trinajstić information content (AvgIpc) is 3.64. The lowest BCUT2D eigenvalue weighted by atomic mass is 10.00. The highest BCUT2D eigenvalue weighted by Gasteiger charge is 2.22. The molecule has 1 saturated carbocycles. The molecule has 0 spiro atoms. The summed E-state index contributed by atoms with van der Waals surface area (Å²) < 4.78 is 32.3. The number of nitrogens with zero attached hydrogens (tertiary/aromatic N) is 4. The molecule has 0 aromatic carbocycles. The zero-order chi connectivity index (χ0) is 27.2. The number of hydrogen-bond donors (Lipinski definition) is 2. The molecule has 0 unspecified atom stereocenters. The highest BCUT2D eigenvalue weighted by atomic mass is 32.1. The van der Waals surface area contributed by atoms with Crippen LogP contribution in [0.3, 0.4) is 0 Å². The van der Waals surface area contributed by atoms with Gasteiger partial charge in [-0.2, -0.15) is 0 Å². The molecule has 3 aromatic heterocycles. The van der Waals surface area contributed by atoms with E-state index in [0.717, 1.165) is 36.4 Å². The number of halogens is 2. The van der Waals surface area contributed by atoms with Gasteiger partial charge in [-0.1, -0.05) is 36.0 Å². The van der Waals surface area contributed by atoms with Crippen molar-refractivity contribution < 1.29 is 23.1 Å². The van der Waals surface area contributed by atoms with Gasteiger partial charge in [0.15, 0.2) is 5.01 Å². The Morgan fingerprint density at radius 1 is 1.18 bits per heavy atom. The minimum Gasteiger partial charge on any atom is -0.494 e. The third kappa shape index (κ3) is 6.43. The van der Waals surface area contributed by atoms with Crippen LogP contribution in [0.1, 0.15) is 47.3 Å². The Morgan fingerprint density at radius 2 is 1.97 bits per heavy atom. The molecule has 0 aliphatic heterocycles. The van der Waals surface area contributed by atoms with Crippen LogP contribution in [0.2, 0.25) is 0 Å². The van der Waals surface area contributed by atoms with Crippen molar-refractivity contribution in [2.24, 2.45) is 5.92 Å². The number of rotatable bonds is 8. The number of methoxy groups -OCH3 is 1. The molecule has 0 atom stereocenters. The summed E-state index contributed by atoms with van der Waals surface area (Å²) in [4.78, 5) is 33.7. The Balaban J connectivity index is 1.72. The van der Waals surface area contributed by atoms with Crippen LogP contribution in [-0.2, 0) is 4.79 Å². The van der Waals surface area contributed by atoms with Gasteiger partial charge in [0.1, 0.15) is 17.3 Å². The molecular formula is C26H22F2N6O3S. The standard InChI is InChI=1S/C26H22F2N6O3S/c1-4-5-14(2)24(35)31-21-11-16(17-10-19(23(27)28)29-13-20(17)37-3)18(12-30-21)25(36)32-26-34-33-22(38-26)9-8-15-6-7-15/h4-5,10-13,15,23H,1,6-7H2,2-3H3,(H,30,31,35)(H,32,34,36)/b14-5-. The summed E-state index contributed by atoms with van der Waals surface area (Å²) in [5, 5.41) is 13.9. The predicted octanol–water partition coefficient (Wildman–Crippen LogP) is 5.03. The molecule has 1 fully saturated rings. The van der Waals surface area contributed by atoms with E-state index in [9.17, 15) is 18.4 Å². The lowest BCUT2D eigenvalue weighted by Crippen LogP contribution is -2.17. The fourth-order valence-electron chi connectivity index (χ4n) is 3.23. The normalized spacial score (nSPS) is 12.9. The first kappa shape index (κ1) is 26.6. The lowest BCUT2D eigenvalue weighted by molar-refractivity contribution is -0.112. The van der Waals surface area contributed by atoms with Gasteiger partial charge in [0, 0.05) is 28.8 Å². The number of allylic oxidation sites excluding steroid dienone is 2. The molecule has 0 bridgehead atoms. The Bertz CT molecular complexity index is 1490. The molecular weight excluding hydrogens is 514 g/mol. The number of carbonyl (C=O) groups is 2. The molecule has 2 N–H and O–H groups in total. The van der Waals surface area contributed by atoms with E-state index in [-0.39, 0.29) is 33.4 Å². The summed E-state index contributed by atoms with van der Waals surface area (Å²) in [6.07, 6.45) is 4.62. The van der Waals surface area contributed by atoms with Gasteiger partial charge in [0.2, 0.25) is 5.13 Å². The number of ether oxygens (including phenoxy) is 1. The summed E-state index contributed by atoms with van der Waals surface area (Å²) in [6, 6.07) is 2.52. The molecule has 0 saturated heterocycles. The zero-order valence-electron chi connectivity index (χ0n) is 20.4. The van der Waals surface area contributed by atoms with E-state index >= 15 is 0 Å². The maximum absolute atomic E-state index is 13.5. The number of anilines is 2. The minimum absolute atomic E-state index is 0.0203. The highest BCUT2D eigenvalue weighted by Crippen LogP contribution is 2.36. The maximum atomic E-state index is 13.5.